The predicted molar refractivity (Wildman–Crippen MR) is 49.9 cm³/mol. The van der Waals surface area contributed by atoms with Crippen LogP contribution in [0, 0.1) is 0 Å². The van der Waals surface area contributed by atoms with Gasteiger partial charge in [-0.25, -0.2) is 13.4 Å². The summed E-state index contributed by atoms with van der Waals surface area (Å²) in [6.07, 6.45) is 1.66. The van der Waals surface area contributed by atoms with E-state index in [1.54, 1.807) is 5.38 Å². The van der Waals surface area contributed by atoms with Crippen LogP contribution in [0.15, 0.2) is 5.38 Å². The summed E-state index contributed by atoms with van der Waals surface area (Å²) >= 11 is 1.33. The highest BCUT2D eigenvalue weighted by atomic mass is 32.2. The Morgan fingerprint density at radius 2 is 2.33 bits per heavy atom. The number of nitrogens with zero attached hydrogens (tertiary/aromatic N) is 1. The van der Waals surface area contributed by atoms with E-state index in [1.165, 1.54) is 17.6 Å². The average molecular weight is 206 g/mol. The van der Waals surface area contributed by atoms with Gasteiger partial charge in [-0.2, -0.15) is 0 Å². The Kier molecular flexibility index (Phi) is 2.69. The van der Waals surface area contributed by atoms with Gasteiger partial charge in [0.05, 0.1) is 11.4 Å². The minimum Gasteiger partial charge on any atom is -0.375 e. The summed E-state index contributed by atoms with van der Waals surface area (Å²) in [6.45, 7) is 0. The highest BCUT2D eigenvalue weighted by Gasteiger charge is 2.04. The molecule has 0 aliphatic rings. The minimum atomic E-state index is -2.89. The summed E-state index contributed by atoms with van der Waals surface area (Å²) in [5, 5.41) is 2.26. The molecule has 4 nitrogen and oxygen atoms in total. The number of hydrogen-bond donors (Lipinski definition) is 1. The van der Waals surface area contributed by atoms with Gasteiger partial charge in [0, 0.05) is 18.1 Å². The first-order valence-electron chi connectivity index (χ1n) is 3.35. The van der Waals surface area contributed by atoms with E-state index >= 15 is 0 Å². The Morgan fingerprint density at radius 1 is 1.67 bits per heavy atom. The fourth-order valence-electron chi connectivity index (χ4n) is 0.727. The molecule has 2 N–H and O–H groups in total. The van der Waals surface area contributed by atoms with E-state index in [0.29, 0.717) is 11.6 Å². The monoisotopic (exact) mass is 206 g/mol. The molecule has 1 aromatic rings. The van der Waals surface area contributed by atoms with Gasteiger partial charge in [-0.05, 0) is 0 Å². The number of rotatable bonds is 3. The summed E-state index contributed by atoms with van der Waals surface area (Å²) in [4.78, 5) is 3.95. The fourth-order valence-corrected chi connectivity index (χ4v) is 1.90. The second-order valence-corrected chi connectivity index (χ2v) is 5.71. The van der Waals surface area contributed by atoms with Crippen LogP contribution in [0.1, 0.15) is 5.69 Å². The lowest BCUT2D eigenvalue weighted by atomic mass is 10.4. The van der Waals surface area contributed by atoms with Crippen LogP contribution in [-0.4, -0.2) is 25.4 Å². The summed E-state index contributed by atoms with van der Waals surface area (Å²) in [5.41, 5.74) is 6.13. The average Bonchev–Trinajstić information content (AvgIpc) is 2.30. The van der Waals surface area contributed by atoms with Crippen molar-refractivity contribution >= 4 is 26.3 Å². The highest BCUT2D eigenvalue weighted by Crippen LogP contribution is 2.11. The van der Waals surface area contributed by atoms with Crippen LogP contribution in [0.5, 0.6) is 0 Å². The minimum absolute atomic E-state index is 0.135. The van der Waals surface area contributed by atoms with Crippen molar-refractivity contribution in [2.24, 2.45) is 0 Å². The maximum absolute atomic E-state index is 10.8. The van der Waals surface area contributed by atoms with E-state index in [4.69, 9.17) is 5.73 Å². The molecule has 0 saturated carbocycles. The third kappa shape index (κ3) is 3.19. The van der Waals surface area contributed by atoms with Crippen LogP contribution in [0.2, 0.25) is 0 Å². The van der Waals surface area contributed by atoms with Gasteiger partial charge in [-0.3, -0.25) is 0 Å². The predicted octanol–water partition coefficient (Wildman–Crippen LogP) is 0.312. The van der Waals surface area contributed by atoms with Crippen LogP contribution >= 0.6 is 11.3 Å². The first-order chi connectivity index (χ1) is 5.47. The van der Waals surface area contributed by atoms with Crippen LogP contribution in [0.3, 0.4) is 0 Å². The quantitative estimate of drug-likeness (QED) is 0.772. The van der Waals surface area contributed by atoms with Crippen molar-refractivity contribution < 1.29 is 8.42 Å². The number of nitrogen functional groups attached to an aromatic ring is 1. The SMILES string of the molecule is CS(=O)(=O)CCc1csc(N)n1. The molecule has 0 aliphatic carbocycles. The van der Waals surface area contributed by atoms with E-state index in [9.17, 15) is 8.42 Å². The fraction of sp³-hybridized carbons (Fsp3) is 0.500. The Bertz CT molecular complexity index is 355. The number of nitrogens with two attached hydrogens (primary N) is 1. The molecular formula is C6H10N2O2S2. The zero-order valence-electron chi connectivity index (χ0n) is 6.65. The van der Waals surface area contributed by atoms with Gasteiger partial charge in [0.25, 0.3) is 0 Å². The summed E-state index contributed by atoms with van der Waals surface area (Å²) < 4.78 is 21.5. The molecule has 0 radical (unpaired) electrons. The second-order valence-electron chi connectivity index (χ2n) is 2.56. The maximum Gasteiger partial charge on any atom is 0.180 e. The number of aryl methyl sites for hydroxylation is 1. The van der Waals surface area contributed by atoms with E-state index in [1.807, 2.05) is 0 Å². The summed E-state index contributed by atoms with van der Waals surface area (Å²) in [5.74, 6) is 0.135. The van der Waals surface area contributed by atoms with Gasteiger partial charge in [0.1, 0.15) is 9.84 Å². The molecule has 12 heavy (non-hydrogen) atoms. The largest absolute Gasteiger partial charge is 0.375 e. The van der Waals surface area contributed by atoms with Gasteiger partial charge >= 0.3 is 0 Å². The van der Waals surface area contributed by atoms with Crippen LogP contribution in [0.25, 0.3) is 0 Å². The summed E-state index contributed by atoms with van der Waals surface area (Å²) in [6, 6.07) is 0. The Morgan fingerprint density at radius 3 is 2.75 bits per heavy atom. The molecule has 0 saturated heterocycles. The number of hydrogen-bond acceptors (Lipinski definition) is 5. The lowest BCUT2D eigenvalue weighted by molar-refractivity contribution is 0.601. The van der Waals surface area contributed by atoms with Crippen LogP contribution < -0.4 is 5.73 Å². The zero-order valence-corrected chi connectivity index (χ0v) is 8.28. The van der Waals surface area contributed by atoms with E-state index < -0.39 is 9.84 Å². The molecule has 0 spiro atoms. The van der Waals surface area contributed by atoms with Gasteiger partial charge in [0.2, 0.25) is 0 Å². The van der Waals surface area contributed by atoms with Crippen molar-refractivity contribution in [2.45, 2.75) is 6.42 Å². The van der Waals surface area contributed by atoms with Crippen molar-refractivity contribution in [3.05, 3.63) is 11.1 Å². The van der Waals surface area contributed by atoms with Crippen LogP contribution in [0.4, 0.5) is 5.13 Å². The number of anilines is 1. The first kappa shape index (κ1) is 9.47. The Hall–Kier alpha value is -0.620. The van der Waals surface area contributed by atoms with Gasteiger partial charge in [0.15, 0.2) is 5.13 Å². The molecule has 0 unspecified atom stereocenters. The third-order valence-electron chi connectivity index (χ3n) is 1.30. The van der Waals surface area contributed by atoms with Gasteiger partial charge in [-0.15, -0.1) is 11.3 Å². The molecule has 0 fully saturated rings. The Balaban J connectivity index is 2.55. The van der Waals surface area contributed by atoms with E-state index in [-0.39, 0.29) is 5.75 Å². The topological polar surface area (TPSA) is 73.0 Å². The van der Waals surface area contributed by atoms with Crippen LogP contribution in [-0.2, 0) is 16.3 Å². The molecular weight excluding hydrogens is 196 g/mol. The smallest absolute Gasteiger partial charge is 0.180 e. The molecule has 0 aromatic carbocycles. The lowest BCUT2D eigenvalue weighted by Gasteiger charge is -1.93. The zero-order chi connectivity index (χ0) is 9.19. The van der Waals surface area contributed by atoms with Crippen molar-refractivity contribution in [2.75, 3.05) is 17.7 Å². The highest BCUT2D eigenvalue weighted by molar-refractivity contribution is 7.90. The first-order valence-corrected chi connectivity index (χ1v) is 6.29. The molecule has 6 heteroatoms. The van der Waals surface area contributed by atoms with Gasteiger partial charge in [-0.1, -0.05) is 0 Å². The van der Waals surface area contributed by atoms with Crippen molar-refractivity contribution in [3.8, 4) is 0 Å². The van der Waals surface area contributed by atoms with Gasteiger partial charge < -0.3 is 5.73 Å². The molecule has 1 rings (SSSR count). The molecule has 0 bridgehead atoms. The number of thiazole rings is 1. The number of aromatic nitrogens is 1. The molecule has 68 valence electrons. The van der Waals surface area contributed by atoms with Crippen molar-refractivity contribution in [3.63, 3.8) is 0 Å². The molecule has 1 heterocycles. The van der Waals surface area contributed by atoms with E-state index in [2.05, 4.69) is 4.98 Å². The summed E-state index contributed by atoms with van der Waals surface area (Å²) in [7, 11) is -2.89. The van der Waals surface area contributed by atoms with Crippen molar-refractivity contribution in [1.29, 1.82) is 0 Å². The molecule has 0 atom stereocenters. The second kappa shape index (κ2) is 3.40. The lowest BCUT2D eigenvalue weighted by Crippen LogP contribution is -2.06. The molecule has 0 amide bonds. The number of sulfone groups is 1. The standard InChI is InChI=1S/C6H10N2O2S2/c1-12(9,10)3-2-5-4-11-6(7)8-5/h4H,2-3H2,1H3,(H2,7,8). The maximum atomic E-state index is 10.8. The normalized spacial score (nSPS) is 11.8. The Labute approximate surface area is 75.4 Å². The molecule has 1 aromatic heterocycles. The van der Waals surface area contributed by atoms with Crippen molar-refractivity contribution in [1.82, 2.24) is 4.98 Å². The van der Waals surface area contributed by atoms with E-state index in [0.717, 1.165) is 5.69 Å². The third-order valence-corrected chi connectivity index (χ3v) is 2.97. The molecule has 0 aliphatic heterocycles.